The Bertz CT molecular complexity index is 1160. The highest BCUT2D eigenvalue weighted by Gasteiger charge is 2.16. The van der Waals surface area contributed by atoms with Gasteiger partial charge in [0.15, 0.2) is 11.5 Å². The summed E-state index contributed by atoms with van der Waals surface area (Å²) in [6.07, 6.45) is 3.53. The first-order valence-corrected chi connectivity index (χ1v) is 11.5. The monoisotopic (exact) mass is 509 g/mol. The lowest BCUT2D eigenvalue weighted by atomic mass is 10.4. The van der Waals surface area contributed by atoms with Crippen molar-refractivity contribution in [3.05, 3.63) is 22.4 Å². The van der Waals surface area contributed by atoms with Crippen LogP contribution in [0.2, 0.25) is 0 Å². The fraction of sp³-hybridized carbons (Fsp3) is 0.600. The molecule has 0 spiro atoms. The summed E-state index contributed by atoms with van der Waals surface area (Å²) in [5, 5.41) is 16.5. The molecular formula is C20H31N9O7. The maximum atomic E-state index is 12.5. The lowest BCUT2D eigenvalue weighted by molar-refractivity contribution is -0.134. The van der Waals surface area contributed by atoms with E-state index in [9.17, 15) is 9.59 Å². The van der Waals surface area contributed by atoms with Crippen molar-refractivity contribution in [3.63, 3.8) is 0 Å². The third-order valence-corrected chi connectivity index (χ3v) is 4.83. The molecule has 198 valence electrons. The summed E-state index contributed by atoms with van der Waals surface area (Å²) in [4.78, 5) is 34.4. The molecule has 3 aromatic rings. The number of hydroxylamine groups is 1. The summed E-state index contributed by atoms with van der Waals surface area (Å²) >= 11 is 0. The number of carbonyl (C=O) groups is 1. The van der Waals surface area contributed by atoms with Crippen LogP contribution in [0.4, 0.5) is 5.82 Å². The van der Waals surface area contributed by atoms with Crippen molar-refractivity contribution in [2.75, 3.05) is 52.0 Å². The predicted octanol–water partition coefficient (Wildman–Crippen LogP) is -0.924. The zero-order valence-electron chi connectivity index (χ0n) is 20.0. The van der Waals surface area contributed by atoms with Crippen LogP contribution in [0, 0.1) is 0 Å². The standard InChI is InChI=1S/C20H31N9O7/c1-2-3-5-36-19-23-17(21)16-18(24-19)29(20(31)22-16)12-14-11-28(27-25-14)4-6-33-7-8-34-9-10-35-13-15(30)26-32/h11,32H,2-10,12-13H2,1H3,(H,22,31)(H,26,30)(H2,21,23,24). The molecule has 16 heteroatoms. The molecule has 36 heavy (non-hydrogen) atoms. The van der Waals surface area contributed by atoms with Gasteiger partial charge in [-0.1, -0.05) is 18.6 Å². The van der Waals surface area contributed by atoms with Gasteiger partial charge >= 0.3 is 11.7 Å². The van der Waals surface area contributed by atoms with E-state index >= 15 is 0 Å². The number of rotatable bonds is 17. The summed E-state index contributed by atoms with van der Waals surface area (Å²) in [5.74, 6) is -0.489. The number of ether oxygens (including phenoxy) is 4. The predicted molar refractivity (Wildman–Crippen MR) is 124 cm³/mol. The van der Waals surface area contributed by atoms with Gasteiger partial charge in [0.25, 0.3) is 5.91 Å². The summed E-state index contributed by atoms with van der Waals surface area (Å²) in [6, 6.07) is 0.118. The van der Waals surface area contributed by atoms with Crippen LogP contribution >= 0.6 is 0 Å². The van der Waals surface area contributed by atoms with Crippen LogP contribution in [0.15, 0.2) is 11.0 Å². The number of nitrogen functional groups attached to an aromatic ring is 1. The van der Waals surface area contributed by atoms with E-state index in [1.807, 2.05) is 6.92 Å². The van der Waals surface area contributed by atoms with Crippen LogP contribution < -0.4 is 21.6 Å². The van der Waals surface area contributed by atoms with Crippen molar-refractivity contribution >= 4 is 22.9 Å². The van der Waals surface area contributed by atoms with E-state index in [0.717, 1.165) is 12.8 Å². The van der Waals surface area contributed by atoms with Crippen molar-refractivity contribution in [1.82, 2.24) is 40.0 Å². The number of aromatic amines is 1. The Hall–Kier alpha value is -3.60. The molecule has 5 N–H and O–H groups in total. The first-order valence-electron chi connectivity index (χ1n) is 11.5. The van der Waals surface area contributed by atoms with Crippen LogP contribution in [0.25, 0.3) is 11.2 Å². The van der Waals surface area contributed by atoms with E-state index in [1.165, 1.54) is 10.0 Å². The lowest BCUT2D eigenvalue weighted by Crippen LogP contribution is -2.24. The normalized spacial score (nSPS) is 11.3. The van der Waals surface area contributed by atoms with E-state index in [2.05, 4.69) is 25.3 Å². The molecule has 3 rings (SSSR count). The maximum Gasteiger partial charge on any atom is 0.328 e. The zero-order valence-corrected chi connectivity index (χ0v) is 20.0. The second-order valence-corrected chi connectivity index (χ2v) is 7.59. The number of unbranched alkanes of at least 4 members (excludes halogenated alkanes) is 1. The van der Waals surface area contributed by atoms with E-state index < -0.39 is 11.6 Å². The second-order valence-electron chi connectivity index (χ2n) is 7.59. The highest BCUT2D eigenvalue weighted by Crippen LogP contribution is 2.18. The Balaban J connectivity index is 1.43. The topological polar surface area (TPSA) is 207 Å². The number of imidazole rings is 1. The average molecular weight is 510 g/mol. The highest BCUT2D eigenvalue weighted by atomic mass is 16.5. The molecule has 0 unspecified atom stereocenters. The van der Waals surface area contributed by atoms with Gasteiger partial charge in [-0.15, -0.1) is 5.10 Å². The number of nitrogens with zero attached hydrogens (tertiary/aromatic N) is 6. The molecular weight excluding hydrogens is 478 g/mol. The quantitative estimate of drug-likeness (QED) is 0.0989. The number of nitrogens with one attached hydrogen (secondary N) is 2. The molecule has 0 aliphatic heterocycles. The number of nitrogens with two attached hydrogens (primary N) is 1. The Morgan fingerprint density at radius 2 is 1.89 bits per heavy atom. The van der Waals surface area contributed by atoms with Crippen molar-refractivity contribution in [2.24, 2.45) is 0 Å². The number of aromatic nitrogens is 7. The first kappa shape index (κ1) is 27.0. The molecule has 0 aromatic carbocycles. The molecule has 3 aromatic heterocycles. The lowest BCUT2D eigenvalue weighted by Gasteiger charge is -2.06. The van der Waals surface area contributed by atoms with Gasteiger partial charge in [-0.05, 0) is 6.42 Å². The molecule has 16 nitrogen and oxygen atoms in total. The Morgan fingerprint density at radius 3 is 2.64 bits per heavy atom. The van der Waals surface area contributed by atoms with E-state index in [0.29, 0.717) is 56.4 Å². The number of anilines is 1. The molecule has 3 heterocycles. The Labute approximate surface area is 205 Å². The first-order chi connectivity index (χ1) is 17.5. The molecule has 0 saturated heterocycles. The zero-order chi connectivity index (χ0) is 25.8. The number of H-pyrrole nitrogens is 1. The van der Waals surface area contributed by atoms with Crippen molar-refractivity contribution in [2.45, 2.75) is 32.9 Å². The smallest absolute Gasteiger partial charge is 0.328 e. The van der Waals surface area contributed by atoms with Gasteiger partial charge < -0.3 is 29.7 Å². The summed E-state index contributed by atoms with van der Waals surface area (Å²) in [6.45, 7) is 4.49. The molecule has 0 radical (unpaired) electrons. The highest BCUT2D eigenvalue weighted by molar-refractivity contribution is 5.81. The van der Waals surface area contributed by atoms with Crippen LogP contribution in [-0.4, -0.2) is 91.9 Å². The van der Waals surface area contributed by atoms with Gasteiger partial charge in [0.1, 0.15) is 17.8 Å². The second kappa shape index (κ2) is 14.1. The van der Waals surface area contributed by atoms with Crippen molar-refractivity contribution < 1.29 is 28.9 Å². The van der Waals surface area contributed by atoms with E-state index in [-0.39, 0.29) is 31.6 Å². The molecule has 0 aliphatic carbocycles. The Morgan fingerprint density at radius 1 is 1.14 bits per heavy atom. The molecule has 0 atom stereocenters. The van der Waals surface area contributed by atoms with Crippen LogP contribution in [0.3, 0.4) is 0 Å². The van der Waals surface area contributed by atoms with Crippen LogP contribution in [0.5, 0.6) is 6.01 Å². The SMILES string of the molecule is CCCCOc1nc(N)c2[nH]c(=O)n(Cc3cn(CCOCCOCCOCC(=O)NO)nn3)c2n1. The van der Waals surface area contributed by atoms with Gasteiger partial charge in [-0.2, -0.15) is 9.97 Å². The molecule has 0 aliphatic rings. The summed E-state index contributed by atoms with van der Waals surface area (Å²) in [7, 11) is 0. The van der Waals surface area contributed by atoms with E-state index in [4.69, 9.17) is 29.9 Å². The summed E-state index contributed by atoms with van der Waals surface area (Å²) < 4.78 is 24.4. The largest absolute Gasteiger partial charge is 0.463 e. The minimum Gasteiger partial charge on any atom is -0.463 e. The summed E-state index contributed by atoms with van der Waals surface area (Å²) in [5.41, 5.74) is 8.29. The number of fused-ring (bicyclic) bond motifs is 1. The fourth-order valence-electron chi connectivity index (χ4n) is 3.03. The third kappa shape index (κ3) is 7.98. The van der Waals surface area contributed by atoms with Crippen molar-refractivity contribution in [3.8, 4) is 6.01 Å². The van der Waals surface area contributed by atoms with E-state index in [1.54, 1.807) is 10.9 Å². The molecule has 0 fully saturated rings. The Kier molecular flexibility index (Phi) is 10.6. The number of hydrogen-bond acceptors (Lipinski definition) is 12. The minimum absolute atomic E-state index is 0.118. The van der Waals surface area contributed by atoms with Gasteiger partial charge in [0, 0.05) is 0 Å². The maximum absolute atomic E-state index is 12.5. The third-order valence-electron chi connectivity index (χ3n) is 4.83. The number of amides is 1. The molecule has 1 amide bonds. The van der Waals surface area contributed by atoms with Crippen LogP contribution in [-0.2, 0) is 32.1 Å². The minimum atomic E-state index is -0.622. The molecule has 0 bridgehead atoms. The average Bonchev–Trinajstić information content (AvgIpc) is 3.45. The fourth-order valence-corrected chi connectivity index (χ4v) is 3.03. The van der Waals surface area contributed by atoms with Gasteiger partial charge in [-0.3, -0.25) is 14.6 Å². The number of carbonyl (C=O) groups excluding carboxylic acids is 1. The van der Waals surface area contributed by atoms with Gasteiger partial charge in [0.2, 0.25) is 0 Å². The number of hydrogen-bond donors (Lipinski definition) is 4. The molecule has 0 saturated carbocycles. The van der Waals surface area contributed by atoms with Crippen LogP contribution in [0.1, 0.15) is 25.5 Å². The van der Waals surface area contributed by atoms with Crippen molar-refractivity contribution in [1.29, 1.82) is 0 Å². The van der Waals surface area contributed by atoms with Gasteiger partial charge in [-0.25, -0.2) is 15.0 Å². The van der Waals surface area contributed by atoms with Gasteiger partial charge in [0.05, 0.1) is 58.9 Å².